The third kappa shape index (κ3) is 6.93. The van der Waals surface area contributed by atoms with Gasteiger partial charge in [-0.1, -0.05) is 18.2 Å². The van der Waals surface area contributed by atoms with E-state index in [0.29, 0.717) is 25.4 Å². The Balaban J connectivity index is 0.000000383. The molecule has 0 spiro atoms. The van der Waals surface area contributed by atoms with Crippen molar-refractivity contribution in [2.24, 2.45) is 7.05 Å². The van der Waals surface area contributed by atoms with E-state index < -0.39 is 12.1 Å². The lowest BCUT2D eigenvalue weighted by Crippen LogP contribution is -2.50. The van der Waals surface area contributed by atoms with Crippen LogP contribution in [0.15, 0.2) is 42.7 Å². The van der Waals surface area contributed by atoms with E-state index in [9.17, 15) is 18.0 Å². The number of nitrogens with zero attached hydrogens (tertiary/aromatic N) is 4. The average Bonchev–Trinajstić information content (AvgIpc) is 3.39. The number of rotatable bonds is 5. The van der Waals surface area contributed by atoms with Crippen LogP contribution in [-0.4, -0.2) is 87.7 Å². The normalized spacial score (nSPS) is 20.5. The monoisotopic (exact) mass is 470 g/mol. The summed E-state index contributed by atoms with van der Waals surface area (Å²) in [6, 6.07) is 9.66. The van der Waals surface area contributed by atoms with Gasteiger partial charge < -0.3 is 19.5 Å². The van der Waals surface area contributed by atoms with E-state index in [-0.39, 0.29) is 24.7 Å². The summed E-state index contributed by atoms with van der Waals surface area (Å²) in [5, 5.41) is 11.4. The lowest BCUT2D eigenvalue weighted by atomic mass is 10.1. The van der Waals surface area contributed by atoms with Crippen LogP contribution >= 0.6 is 0 Å². The molecule has 2 aliphatic heterocycles. The van der Waals surface area contributed by atoms with Crippen LogP contribution in [0.1, 0.15) is 5.56 Å². The van der Waals surface area contributed by atoms with Crippen molar-refractivity contribution < 1.29 is 37.3 Å². The van der Waals surface area contributed by atoms with Gasteiger partial charge in [0.15, 0.2) is 6.61 Å². The number of hydrogen-bond donors (Lipinski definition) is 1. The van der Waals surface area contributed by atoms with E-state index in [1.54, 1.807) is 0 Å². The number of benzene rings is 1. The van der Waals surface area contributed by atoms with Gasteiger partial charge in [-0.3, -0.25) is 14.4 Å². The predicted molar refractivity (Wildman–Crippen MR) is 109 cm³/mol. The highest BCUT2D eigenvalue weighted by molar-refractivity contribution is 5.78. The van der Waals surface area contributed by atoms with Crippen LogP contribution in [0.4, 0.5) is 13.2 Å². The molecule has 4 rings (SSSR count). The number of ether oxygens (including phenoxy) is 2. The van der Waals surface area contributed by atoms with Gasteiger partial charge in [-0.05, 0) is 12.1 Å². The topological polar surface area (TPSA) is 97.1 Å². The predicted octanol–water partition coefficient (Wildman–Crippen LogP) is 1.54. The van der Waals surface area contributed by atoms with E-state index in [1.165, 1.54) is 5.56 Å². The van der Waals surface area contributed by atoms with E-state index in [4.69, 9.17) is 19.4 Å². The van der Waals surface area contributed by atoms with Gasteiger partial charge in [0.05, 0.1) is 24.9 Å². The number of para-hydroxylation sites is 1. The number of carbonyl (C=O) groups is 2. The number of carboxylic acids is 1. The number of hydrogen-bond acceptors (Lipinski definition) is 6. The molecule has 0 saturated carbocycles. The van der Waals surface area contributed by atoms with Crippen molar-refractivity contribution in [1.29, 1.82) is 0 Å². The Morgan fingerprint density at radius 2 is 1.94 bits per heavy atom. The number of alkyl halides is 3. The summed E-state index contributed by atoms with van der Waals surface area (Å²) < 4.78 is 45.1. The number of carboxylic acid groups (broad SMARTS) is 1. The average molecular weight is 470 g/mol. The molecule has 0 bridgehead atoms. The molecular formula is C21H25F3N4O5. The zero-order valence-corrected chi connectivity index (χ0v) is 17.9. The first-order valence-corrected chi connectivity index (χ1v) is 10.2. The molecule has 12 heteroatoms. The number of aromatic nitrogens is 2. The minimum absolute atomic E-state index is 0.00757. The van der Waals surface area contributed by atoms with Gasteiger partial charge >= 0.3 is 12.1 Å². The summed E-state index contributed by atoms with van der Waals surface area (Å²) in [5.41, 5.74) is 1.19. The van der Waals surface area contributed by atoms with Crippen molar-refractivity contribution in [3.05, 3.63) is 48.3 Å². The van der Waals surface area contributed by atoms with Gasteiger partial charge in [-0.25, -0.2) is 4.79 Å². The zero-order valence-electron chi connectivity index (χ0n) is 17.9. The molecule has 1 amide bonds. The minimum atomic E-state index is -5.08. The van der Waals surface area contributed by atoms with Crippen LogP contribution in [0.25, 0.3) is 0 Å². The van der Waals surface area contributed by atoms with Crippen molar-refractivity contribution in [1.82, 2.24) is 19.6 Å². The molecule has 1 aromatic carbocycles. The first-order chi connectivity index (χ1) is 15.6. The summed E-state index contributed by atoms with van der Waals surface area (Å²) in [6.45, 7) is 3.78. The fourth-order valence-electron chi connectivity index (χ4n) is 3.70. The van der Waals surface area contributed by atoms with Crippen molar-refractivity contribution >= 4 is 11.9 Å². The molecule has 1 aromatic heterocycles. The molecule has 2 atom stereocenters. The number of carbonyl (C=O) groups excluding carboxylic acids is 1. The highest BCUT2D eigenvalue weighted by Crippen LogP contribution is 2.24. The van der Waals surface area contributed by atoms with Crippen LogP contribution in [0.3, 0.4) is 0 Å². The molecule has 180 valence electrons. The fourth-order valence-corrected chi connectivity index (χ4v) is 3.70. The smallest absolute Gasteiger partial charge is 0.484 e. The maximum absolute atomic E-state index is 12.5. The summed E-state index contributed by atoms with van der Waals surface area (Å²) >= 11 is 0. The first kappa shape index (κ1) is 24.5. The molecule has 0 radical (unpaired) electrons. The molecule has 0 unspecified atom stereocenters. The highest BCUT2D eigenvalue weighted by Gasteiger charge is 2.41. The summed E-state index contributed by atoms with van der Waals surface area (Å²) in [5.74, 6) is -2.03. The van der Waals surface area contributed by atoms with E-state index in [1.807, 2.05) is 59.4 Å². The van der Waals surface area contributed by atoms with Crippen molar-refractivity contribution in [3.63, 3.8) is 0 Å². The third-order valence-electron chi connectivity index (χ3n) is 5.26. The number of halogens is 3. The van der Waals surface area contributed by atoms with E-state index in [0.717, 1.165) is 13.1 Å². The van der Waals surface area contributed by atoms with Gasteiger partial charge in [-0.2, -0.15) is 18.3 Å². The molecule has 3 heterocycles. The van der Waals surface area contributed by atoms with E-state index >= 15 is 0 Å². The van der Waals surface area contributed by atoms with Crippen LogP contribution in [-0.2, 0) is 27.9 Å². The molecule has 2 saturated heterocycles. The number of aliphatic carboxylic acids is 1. The molecular weight excluding hydrogens is 445 g/mol. The van der Waals surface area contributed by atoms with Gasteiger partial charge in [0.2, 0.25) is 0 Å². The molecule has 33 heavy (non-hydrogen) atoms. The second-order valence-electron chi connectivity index (χ2n) is 7.67. The second kappa shape index (κ2) is 10.7. The maximum Gasteiger partial charge on any atom is 0.490 e. The van der Waals surface area contributed by atoms with Crippen LogP contribution < -0.4 is 4.74 Å². The Labute approximate surface area is 188 Å². The third-order valence-corrected chi connectivity index (χ3v) is 5.26. The number of amides is 1. The van der Waals surface area contributed by atoms with Gasteiger partial charge in [-0.15, -0.1) is 0 Å². The number of fused-ring (bicyclic) bond motifs is 1. The van der Waals surface area contributed by atoms with Crippen molar-refractivity contribution in [3.8, 4) is 5.75 Å². The number of morpholine rings is 1. The molecule has 2 fully saturated rings. The summed E-state index contributed by atoms with van der Waals surface area (Å²) in [6.07, 6.45) is -1.08. The first-order valence-electron chi connectivity index (χ1n) is 10.2. The minimum Gasteiger partial charge on any atom is -0.484 e. The Bertz CT molecular complexity index is 937. The number of likely N-dealkylation sites (tertiary alicyclic amines) is 1. The molecule has 0 aliphatic carbocycles. The summed E-state index contributed by atoms with van der Waals surface area (Å²) in [7, 11) is 1.92. The Hall–Kier alpha value is -3.12. The van der Waals surface area contributed by atoms with E-state index in [2.05, 4.69) is 10.00 Å². The number of aryl methyl sites for hydroxylation is 1. The van der Waals surface area contributed by atoms with Crippen molar-refractivity contribution in [2.75, 3.05) is 32.8 Å². The fraction of sp³-hybridized carbons (Fsp3) is 0.476. The largest absolute Gasteiger partial charge is 0.490 e. The van der Waals surface area contributed by atoms with Crippen LogP contribution in [0, 0.1) is 0 Å². The van der Waals surface area contributed by atoms with Crippen LogP contribution in [0.5, 0.6) is 5.75 Å². The Morgan fingerprint density at radius 3 is 2.55 bits per heavy atom. The Morgan fingerprint density at radius 1 is 1.24 bits per heavy atom. The van der Waals surface area contributed by atoms with Gasteiger partial charge in [0.1, 0.15) is 5.75 Å². The second-order valence-corrected chi connectivity index (χ2v) is 7.67. The highest BCUT2D eigenvalue weighted by atomic mass is 19.4. The maximum atomic E-state index is 12.5. The quantitative estimate of drug-likeness (QED) is 0.708. The molecule has 2 aromatic rings. The zero-order chi connectivity index (χ0) is 24.0. The summed E-state index contributed by atoms with van der Waals surface area (Å²) in [4.78, 5) is 25.7. The van der Waals surface area contributed by atoms with Crippen LogP contribution in [0.2, 0.25) is 0 Å². The molecule has 2 aliphatic rings. The lowest BCUT2D eigenvalue weighted by Gasteiger charge is -2.36. The molecule has 1 N–H and O–H groups in total. The standard InChI is InChI=1S/C19H24N4O3.C2HF3O2/c1-21-10-15(9-20-21)11-22-7-8-25-18-13-23(12-17(18)22)19(24)14-26-16-5-3-2-4-6-16;3-2(4,5)1(6)7/h2-6,9-10,17-18H,7-8,11-14H2,1H3;(H,6,7)/t17-,18+;/m1./s1. The van der Waals surface area contributed by atoms with Crippen molar-refractivity contribution in [2.45, 2.75) is 24.9 Å². The molecule has 9 nitrogen and oxygen atoms in total. The van der Waals surface area contributed by atoms with Gasteiger partial charge in [0, 0.05) is 45.0 Å². The Kier molecular flexibility index (Phi) is 7.92. The SMILES string of the molecule is Cn1cc(CN2CCO[C@H]3CN(C(=O)COc4ccccc4)C[C@H]32)cn1.O=C(O)C(F)(F)F. The lowest BCUT2D eigenvalue weighted by molar-refractivity contribution is -0.192. The van der Waals surface area contributed by atoms with Gasteiger partial charge in [0.25, 0.3) is 5.91 Å².